The molecule has 1 spiro atoms. The van der Waals surface area contributed by atoms with Gasteiger partial charge >= 0.3 is 6.09 Å². The summed E-state index contributed by atoms with van der Waals surface area (Å²) < 4.78 is 33.9. The quantitative estimate of drug-likeness (QED) is 0.579. The Labute approximate surface area is 178 Å². The summed E-state index contributed by atoms with van der Waals surface area (Å²) in [5.41, 5.74) is 6.11. The van der Waals surface area contributed by atoms with Crippen molar-refractivity contribution in [3.05, 3.63) is 58.9 Å². The Hall–Kier alpha value is -3.07. The first kappa shape index (κ1) is 21.2. The van der Waals surface area contributed by atoms with Crippen LogP contribution in [-0.2, 0) is 17.8 Å². The molecule has 1 amide bonds. The van der Waals surface area contributed by atoms with E-state index < -0.39 is 23.3 Å². The number of nitrogen functional groups attached to an aromatic ring is 1. The number of hydrogen-bond acceptors (Lipinski definition) is 6. The lowest BCUT2D eigenvalue weighted by molar-refractivity contribution is -0.00165. The second-order valence-corrected chi connectivity index (χ2v) is 8.24. The summed E-state index contributed by atoms with van der Waals surface area (Å²) in [6, 6.07) is 5.66. The number of amides is 1. The summed E-state index contributed by atoms with van der Waals surface area (Å²) in [4.78, 5) is 31.6. The molecular formula is C22H24F2N4O3. The summed E-state index contributed by atoms with van der Waals surface area (Å²) in [7, 11) is 0. The molecule has 1 aromatic heterocycles. The smallest absolute Gasteiger partial charge is 0.410 e. The number of pyridine rings is 1. The fraction of sp³-hybridized carbons (Fsp3) is 0.409. The number of nitrogens with zero attached hydrogens (tertiary/aromatic N) is 3. The second-order valence-electron chi connectivity index (χ2n) is 8.24. The van der Waals surface area contributed by atoms with Gasteiger partial charge in [-0.15, -0.1) is 0 Å². The third-order valence-corrected chi connectivity index (χ3v) is 5.94. The molecule has 164 valence electrons. The maximum Gasteiger partial charge on any atom is 0.410 e. The van der Waals surface area contributed by atoms with E-state index in [1.165, 1.54) is 13.1 Å². The molecule has 3 heterocycles. The third kappa shape index (κ3) is 4.51. The molecular weight excluding hydrogens is 406 g/mol. The molecule has 2 aliphatic rings. The molecule has 0 bridgehead atoms. The fourth-order valence-corrected chi connectivity index (χ4v) is 4.11. The van der Waals surface area contributed by atoms with Crippen molar-refractivity contribution in [1.29, 1.82) is 0 Å². The summed E-state index contributed by atoms with van der Waals surface area (Å²) in [5.74, 6) is -1.37. The van der Waals surface area contributed by atoms with Crippen molar-refractivity contribution >= 4 is 17.6 Å². The summed E-state index contributed by atoms with van der Waals surface area (Å²) in [5, 5.41) is 0. The molecule has 31 heavy (non-hydrogen) atoms. The maximum absolute atomic E-state index is 14.1. The van der Waals surface area contributed by atoms with Crippen LogP contribution in [0.5, 0.6) is 0 Å². The Bertz CT molecular complexity index is 981. The number of Topliss-reactive ketones (excluding diaryl/α,β-unsaturated/α-hetero) is 1. The van der Waals surface area contributed by atoms with Gasteiger partial charge in [-0.1, -0.05) is 0 Å². The van der Waals surface area contributed by atoms with E-state index in [4.69, 9.17) is 10.5 Å². The highest BCUT2D eigenvalue weighted by atomic mass is 19.1. The molecule has 0 saturated carbocycles. The number of ketones is 1. The molecule has 2 aliphatic heterocycles. The van der Waals surface area contributed by atoms with Crippen molar-refractivity contribution in [2.75, 3.05) is 25.4 Å². The van der Waals surface area contributed by atoms with Crippen LogP contribution < -0.4 is 5.73 Å². The molecule has 7 nitrogen and oxygen atoms in total. The number of rotatable bonds is 5. The Morgan fingerprint density at radius 1 is 1.19 bits per heavy atom. The van der Waals surface area contributed by atoms with E-state index in [1.54, 1.807) is 17.0 Å². The van der Waals surface area contributed by atoms with Crippen LogP contribution in [0.15, 0.2) is 30.5 Å². The Morgan fingerprint density at radius 3 is 2.45 bits per heavy atom. The second kappa shape index (κ2) is 8.22. The Morgan fingerprint density at radius 2 is 1.87 bits per heavy atom. The molecule has 1 aromatic carbocycles. The number of carbonyl (C=O) groups excluding carboxylic acids is 2. The van der Waals surface area contributed by atoms with Crippen molar-refractivity contribution in [1.82, 2.24) is 14.8 Å². The van der Waals surface area contributed by atoms with E-state index in [9.17, 15) is 18.4 Å². The predicted octanol–water partition coefficient (Wildman–Crippen LogP) is 3.13. The van der Waals surface area contributed by atoms with Gasteiger partial charge in [0.1, 0.15) is 17.2 Å². The van der Waals surface area contributed by atoms with Crippen molar-refractivity contribution in [2.45, 2.75) is 38.5 Å². The van der Waals surface area contributed by atoms with Gasteiger partial charge in [-0.25, -0.2) is 13.6 Å². The van der Waals surface area contributed by atoms with Gasteiger partial charge in [0, 0.05) is 55.5 Å². The minimum atomic E-state index is -0.653. The molecule has 2 aromatic rings. The van der Waals surface area contributed by atoms with Crippen LogP contribution in [0.1, 0.15) is 41.4 Å². The van der Waals surface area contributed by atoms with E-state index in [2.05, 4.69) is 4.98 Å². The summed E-state index contributed by atoms with van der Waals surface area (Å²) in [6.45, 7) is 3.44. The van der Waals surface area contributed by atoms with Crippen LogP contribution in [0.4, 0.5) is 19.3 Å². The number of aromatic nitrogens is 1. The zero-order valence-corrected chi connectivity index (χ0v) is 17.2. The average molecular weight is 430 g/mol. The van der Waals surface area contributed by atoms with E-state index in [1.807, 2.05) is 4.90 Å². The van der Waals surface area contributed by atoms with E-state index >= 15 is 0 Å². The minimum Gasteiger partial charge on any atom is -0.441 e. The van der Waals surface area contributed by atoms with Crippen LogP contribution in [0.3, 0.4) is 0 Å². The number of piperidine rings is 1. The van der Waals surface area contributed by atoms with Gasteiger partial charge in [-0.2, -0.15) is 0 Å². The standard InChI is InChI=1S/C22H24F2N4O3/c1-14(29)15-2-3-17(26-10-15)11-28-13-22(31-21(28)30)4-6-27(7-5-22)12-18-19(23)8-16(25)9-20(18)24/h2-3,8-10H,4-7,11-13,25H2,1H3. The molecule has 0 radical (unpaired) electrons. The molecule has 2 N–H and O–H groups in total. The number of nitrogens with two attached hydrogens (primary N) is 1. The topological polar surface area (TPSA) is 88.8 Å². The van der Waals surface area contributed by atoms with E-state index in [0.29, 0.717) is 50.3 Å². The minimum absolute atomic E-state index is 0.00437. The number of anilines is 1. The van der Waals surface area contributed by atoms with Crippen LogP contribution in [0, 0.1) is 11.6 Å². The highest BCUT2D eigenvalue weighted by molar-refractivity contribution is 5.93. The molecule has 9 heteroatoms. The number of likely N-dealkylation sites (tertiary alicyclic amines) is 1. The average Bonchev–Trinajstić information content (AvgIpc) is 3.01. The van der Waals surface area contributed by atoms with Gasteiger partial charge in [0.15, 0.2) is 5.78 Å². The zero-order valence-electron chi connectivity index (χ0n) is 17.2. The molecule has 4 rings (SSSR count). The normalized spacial score (nSPS) is 18.4. The monoisotopic (exact) mass is 430 g/mol. The number of carbonyl (C=O) groups is 2. The SMILES string of the molecule is CC(=O)c1ccc(CN2CC3(CCN(Cc4c(F)cc(N)cc4F)CC3)OC2=O)nc1. The highest BCUT2D eigenvalue weighted by Gasteiger charge is 2.47. The number of hydrogen-bond donors (Lipinski definition) is 1. The van der Waals surface area contributed by atoms with E-state index in [0.717, 1.165) is 12.1 Å². The summed E-state index contributed by atoms with van der Waals surface area (Å²) >= 11 is 0. The van der Waals surface area contributed by atoms with Gasteiger partial charge in [-0.05, 0) is 31.2 Å². The van der Waals surface area contributed by atoms with Crippen LogP contribution >= 0.6 is 0 Å². The molecule has 2 fully saturated rings. The number of halogens is 2. The first-order chi connectivity index (χ1) is 14.7. The van der Waals surface area contributed by atoms with Gasteiger partial charge < -0.3 is 10.5 Å². The third-order valence-electron chi connectivity index (χ3n) is 5.94. The Balaban J connectivity index is 1.36. The Kier molecular flexibility index (Phi) is 5.62. The molecule has 0 aliphatic carbocycles. The van der Waals surface area contributed by atoms with Crippen molar-refractivity contribution < 1.29 is 23.1 Å². The number of benzene rings is 1. The van der Waals surface area contributed by atoms with Crippen molar-refractivity contribution in [3.8, 4) is 0 Å². The van der Waals surface area contributed by atoms with Crippen LogP contribution in [0.25, 0.3) is 0 Å². The van der Waals surface area contributed by atoms with Crippen molar-refractivity contribution in [2.24, 2.45) is 0 Å². The van der Waals surface area contributed by atoms with Crippen LogP contribution in [0.2, 0.25) is 0 Å². The number of ether oxygens (including phenoxy) is 1. The summed E-state index contributed by atoms with van der Waals surface area (Å²) in [6.07, 6.45) is 2.25. The molecule has 2 saturated heterocycles. The maximum atomic E-state index is 14.1. The lowest BCUT2D eigenvalue weighted by Crippen LogP contribution is -2.46. The van der Waals surface area contributed by atoms with Gasteiger partial charge in [0.25, 0.3) is 0 Å². The largest absolute Gasteiger partial charge is 0.441 e. The molecule has 0 atom stereocenters. The molecule has 0 unspecified atom stereocenters. The zero-order chi connectivity index (χ0) is 22.2. The first-order valence-corrected chi connectivity index (χ1v) is 10.1. The van der Waals surface area contributed by atoms with Gasteiger partial charge in [0.05, 0.1) is 18.8 Å². The lowest BCUT2D eigenvalue weighted by Gasteiger charge is -2.37. The highest BCUT2D eigenvalue weighted by Crippen LogP contribution is 2.34. The lowest BCUT2D eigenvalue weighted by atomic mass is 9.91. The van der Waals surface area contributed by atoms with Crippen molar-refractivity contribution in [3.63, 3.8) is 0 Å². The predicted molar refractivity (Wildman–Crippen MR) is 109 cm³/mol. The van der Waals surface area contributed by atoms with Crippen LogP contribution in [-0.4, -0.2) is 51.9 Å². The van der Waals surface area contributed by atoms with E-state index in [-0.39, 0.29) is 23.6 Å². The van der Waals surface area contributed by atoms with Gasteiger partial charge in [-0.3, -0.25) is 19.6 Å². The first-order valence-electron chi connectivity index (χ1n) is 10.1. The van der Waals surface area contributed by atoms with Gasteiger partial charge in [0.2, 0.25) is 0 Å². The fourth-order valence-electron chi connectivity index (χ4n) is 4.11.